The molecule has 0 heterocycles. The van der Waals surface area contributed by atoms with Crippen LogP contribution < -0.4 is 10.6 Å². The number of carboxylic acid groups (broad SMARTS) is 1. The molecule has 0 aliphatic rings. The highest BCUT2D eigenvalue weighted by Gasteiger charge is 2.17. The van der Waals surface area contributed by atoms with Gasteiger partial charge in [-0.2, -0.15) is 0 Å². The Balaban J connectivity index is 2.90. The van der Waals surface area contributed by atoms with Crippen LogP contribution in [-0.4, -0.2) is 29.6 Å². The second kappa shape index (κ2) is 6.24. The van der Waals surface area contributed by atoms with E-state index in [1.165, 1.54) is 0 Å². The summed E-state index contributed by atoms with van der Waals surface area (Å²) in [5.74, 6) is -4.50. The van der Waals surface area contributed by atoms with Crippen molar-refractivity contribution in [3.63, 3.8) is 0 Å². The minimum Gasteiger partial charge on any atom is -0.478 e. The lowest BCUT2D eigenvalue weighted by molar-refractivity contribution is -0.115. The molecule has 7 heteroatoms. The van der Waals surface area contributed by atoms with Gasteiger partial charge in [-0.1, -0.05) is 13.8 Å². The van der Waals surface area contributed by atoms with Gasteiger partial charge >= 0.3 is 5.97 Å². The van der Waals surface area contributed by atoms with Crippen molar-refractivity contribution >= 4 is 17.6 Å². The minimum atomic E-state index is -1.45. The summed E-state index contributed by atoms with van der Waals surface area (Å²) in [6.07, 6.45) is 0. The summed E-state index contributed by atoms with van der Waals surface area (Å²) in [5.41, 5.74) is -0.779. The number of nitrogens with one attached hydrogen (secondary N) is 2. The van der Waals surface area contributed by atoms with Gasteiger partial charge in [-0.25, -0.2) is 13.6 Å². The molecule has 0 radical (unpaired) electrons. The molecule has 19 heavy (non-hydrogen) atoms. The van der Waals surface area contributed by atoms with Gasteiger partial charge in [0.1, 0.15) is 0 Å². The second-order valence-corrected chi connectivity index (χ2v) is 4.20. The number of carbonyl (C=O) groups is 2. The number of anilines is 1. The van der Waals surface area contributed by atoms with Crippen molar-refractivity contribution in [2.45, 2.75) is 19.9 Å². The fraction of sp³-hybridized carbons (Fsp3) is 0.333. The minimum absolute atomic E-state index is 0.0598. The molecule has 0 aromatic heterocycles. The molecule has 1 rings (SSSR count). The fourth-order valence-corrected chi connectivity index (χ4v) is 1.32. The Morgan fingerprint density at radius 2 is 1.84 bits per heavy atom. The van der Waals surface area contributed by atoms with Crippen LogP contribution in [0.5, 0.6) is 0 Å². The maximum atomic E-state index is 13.1. The number of rotatable bonds is 5. The monoisotopic (exact) mass is 272 g/mol. The Labute approximate surface area is 108 Å². The number of halogens is 2. The lowest BCUT2D eigenvalue weighted by Gasteiger charge is -2.11. The van der Waals surface area contributed by atoms with Gasteiger partial charge in [0, 0.05) is 12.1 Å². The largest absolute Gasteiger partial charge is 0.478 e. The van der Waals surface area contributed by atoms with E-state index in [2.05, 4.69) is 10.6 Å². The normalized spacial score (nSPS) is 10.6. The first-order valence-electron chi connectivity index (χ1n) is 5.57. The van der Waals surface area contributed by atoms with E-state index in [0.29, 0.717) is 12.1 Å². The quantitative estimate of drug-likeness (QED) is 0.760. The van der Waals surface area contributed by atoms with E-state index in [-0.39, 0.29) is 18.3 Å². The van der Waals surface area contributed by atoms with Crippen LogP contribution in [0.4, 0.5) is 14.5 Å². The van der Waals surface area contributed by atoms with Crippen molar-refractivity contribution in [1.29, 1.82) is 0 Å². The Morgan fingerprint density at radius 1 is 1.26 bits per heavy atom. The smallest absolute Gasteiger partial charge is 0.337 e. The van der Waals surface area contributed by atoms with E-state index in [0.717, 1.165) is 0 Å². The van der Waals surface area contributed by atoms with Crippen molar-refractivity contribution < 1.29 is 23.5 Å². The summed E-state index contributed by atoms with van der Waals surface area (Å²) in [6, 6.07) is 1.24. The first-order chi connectivity index (χ1) is 8.81. The number of carbonyl (C=O) groups excluding carboxylic acids is 1. The van der Waals surface area contributed by atoms with Crippen molar-refractivity contribution in [2.24, 2.45) is 0 Å². The summed E-state index contributed by atoms with van der Waals surface area (Å²) < 4.78 is 26.0. The van der Waals surface area contributed by atoms with Crippen LogP contribution in [0.15, 0.2) is 12.1 Å². The molecule has 1 amide bonds. The molecule has 1 aromatic rings. The van der Waals surface area contributed by atoms with Gasteiger partial charge in [-0.05, 0) is 6.07 Å². The van der Waals surface area contributed by atoms with E-state index < -0.39 is 29.1 Å². The van der Waals surface area contributed by atoms with E-state index in [1.54, 1.807) is 0 Å². The van der Waals surface area contributed by atoms with Crippen molar-refractivity contribution in [2.75, 3.05) is 11.9 Å². The first kappa shape index (κ1) is 15.0. The highest BCUT2D eigenvalue weighted by atomic mass is 19.2. The van der Waals surface area contributed by atoms with Crippen LogP contribution >= 0.6 is 0 Å². The van der Waals surface area contributed by atoms with Gasteiger partial charge in [0.15, 0.2) is 11.6 Å². The lowest BCUT2D eigenvalue weighted by atomic mass is 10.1. The zero-order chi connectivity index (χ0) is 14.6. The van der Waals surface area contributed by atoms with Gasteiger partial charge in [0.25, 0.3) is 0 Å². The molecule has 0 unspecified atom stereocenters. The summed E-state index contributed by atoms with van der Waals surface area (Å²) in [4.78, 5) is 22.4. The molecule has 0 saturated heterocycles. The van der Waals surface area contributed by atoms with Crippen LogP contribution in [0.3, 0.4) is 0 Å². The summed E-state index contributed by atoms with van der Waals surface area (Å²) >= 11 is 0. The van der Waals surface area contributed by atoms with E-state index in [4.69, 9.17) is 5.11 Å². The van der Waals surface area contributed by atoms with Crippen LogP contribution in [0.25, 0.3) is 0 Å². The molecule has 0 bridgehead atoms. The molecule has 0 fully saturated rings. The highest BCUT2D eigenvalue weighted by Crippen LogP contribution is 2.20. The molecule has 3 N–H and O–H groups in total. The fourth-order valence-electron chi connectivity index (χ4n) is 1.32. The molecule has 5 nitrogen and oxygen atoms in total. The molecular weight excluding hydrogens is 258 g/mol. The van der Waals surface area contributed by atoms with Gasteiger partial charge in [-0.3, -0.25) is 4.79 Å². The average molecular weight is 272 g/mol. The third kappa shape index (κ3) is 4.29. The lowest BCUT2D eigenvalue weighted by Crippen LogP contribution is -2.33. The molecule has 0 saturated carbocycles. The SMILES string of the molecule is CC(C)NCC(=O)Nc1cc(F)c(F)cc1C(=O)O. The van der Waals surface area contributed by atoms with E-state index in [9.17, 15) is 18.4 Å². The zero-order valence-electron chi connectivity index (χ0n) is 10.5. The van der Waals surface area contributed by atoms with Gasteiger partial charge in [0.05, 0.1) is 17.8 Å². The Hall–Kier alpha value is -2.02. The number of aromatic carboxylic acids is 1. The summed E-state index contributed by atoms with van der Waals surface area (Å²) in [5, 5.41) is 13.9. The predicted octanol–water partition coefficient (Wildman–Crippen LogP) is 1.60. The Morgan fingerprint density at radius 3 is 2.37 bits per heavy atom. The van der Waals surface area contributed by atoms with Gasteiger partial charge in [0.2, 0.25) is 5.91 Å². The number of hydrogen-bond acceptors (Lipinski definition) is 3. The van der Waals surface area contributed by atoms with E-state index >= 15 is 0 Å². The molecule has 0 spiro atoms. The Kier molecular flexibility index (Phi) is 4.94. The maximum absolute atomic E-state index is 13.1. The van der Waals surface area contributed by atoms with Crippen LogP contribution in [0, 0.1) is 11.6 Å². The molecule has 0 atom stereocenters. The maximum Gasteiger partial charge on any atom is 0.337 e. The molecule has 104 valence electrons. The molecule has 1 aromatic carbocycles. The second-order valence-electron chi connectivity index (χ2n) is 4.20. The summed E-state index contributed by atoms with van der Waals surface area (Å²) in [6.45, 7) is 3.59. The molecule has 0 aliphatic carbocycles. The van der Waals surface area contributed by atoms with Crippen molar-refractivity contribution in [3.8, 4) is 0 Å². The summed E-state index contributed by atoms with van der Waals surface area (Å²) in [7, 11) is 0. The molecule has 0 aliphatic heterocycles. The third-order valence-corrected chi connectivity index (χ3v) is 2.24. The number of hydrogen-bond donors (Lipinski definition) is 3. The van der Waals surface area contributed by atoms with E-state index in [1.807, 2.05) is 13.8 Å². The third-order valence-electron chi connectivity index (χ3n) is 2.24. The Bertz CT molecular complexity index is 504. The van der Waals surface area contributed by atoms with Gasteiger partial charge < -0.3 is 15.7 Å². The highest BCUT2D eigenvalue weighted by molar-refractivity contribution is 6.01. The first-order valence-corrected chi connectivity index (χ1v) is 5.57. The predicted molar refractivity (Wildman–Crippen MR) is 65.1 cm³/mol. The number of benzene rings is 1. The van der Waals surface area contributed by atoms with Crippen LogP contribution in [0.1, 0.15) is 24.2 Å². The number of carboxylic acids is 1. The zero-order valence-corrected chi connectivity index (χ0v) is 10.5. The average Bonchev–Trinajstić information content (AvgIpc) is 2.30. The van der Waals surface area contributed by atoms with Crippen LogP contribution in [-0.2, 0) is 4.79 Å². The van der Waals surface area contributed by atoms with Crippen molar-refractivity contribution in [3.05, 3.63) is 29.3 Å². The standard InChI is InChI=1S/C12H14F2N2O3/c1-6(2)15-5-11(17)16-10-4-9(14)8(13)3-7(10)12(18)19/h3-4,6,15H,5H2,1-2H3,(H,16,17)(H,18,19). The topological polar surface area (TPSA) is 78.4 Å². The van der Waals surface area contributed by atoms with Gasteiger partial charge in [-0.15, -0.1) is 0 Å². The van der Waals surface area contributed by atoms with Crippen LogP contribution in [0.2, 0.25) is 0 Å². The molecular formula is C12H14F2N2O3. The van der Waals surface area contributed by atoms with Crippen molar-refractivity contribution in [1.82, 2.24) is 5.32 Å². The number of amides is 1.